The number of rotatable bonds is 10. The van der Waals surface area contributed by atoms with Gasteiger partial charge in [-0.1, -0.05) is 20.1 Å². The van der Waals surface area contributed by atoms with Gasteiger partial charge in [-0.3, -0.25) is 14.4 Å². The molecule has 8 nitrogen and oxygen atoms in total. The van der Waals surface area contributed by atoms with Crippen molar-refractivity contribution in [1.29, 1.82) is 0 Å². The predicted octanol–water partition coefficient (Wildman–Crippen LogP) is 1.07. The molecule has 3 amide bonds. The molecule has 2 N–H and O–H groups in total. The minimum Gasteiger partial charge on any atom is -0.383 e. The molecule has 0 saturated carbocycles. The van der Waals surface area contributed by atoms with Crippen LogP contribution >= 0.6 is 11.3 Å². The third-order valence-corrected chi connectivity index (χ3v) is 4.20. The van der Waals surface area contributed by atoms with Crippen LogP contribution < -0.4 is 10.6 Å². The van der Waals surface area contributed by atoms with Crippen molar-refractivity contribution in [2.45, 2.75) is 19.8 Å². The Morgan fingerprint density at radius 2 is 1.96 bits per heavy atom. The minimum atomic E-state index is -0.721. The number of hydrogen-bond donors (Lipinski definition) is 2. The highest BCUT2D eigenvalue weighted by molar-refractivity contribution is 7.09. The molecule has 9 heteroatoms. The molecule has 0 aliphatic rings. The second kappa shape index (κ2) is 10.5. The summed E-state index contributed by atoms with van der Waals surface area (Å²) in [5.74, 6) is -1.71. The van der Waals surface area contributed by atoms with Crippen LogP contribution in [0.25, 0.3) is 0 Å². The van der Waals surface area contributed by atoms with E-state index in [1.165, 1.54) is 23.3 Å². The Bertz CT molecular complexity index is 699. The number of carbonyl (C=O) groups is 3. The van der Waals surface area contributed by atoms with E-state index in [1.807, 2.05) is 6.92 Å². The molecule has 0 aliphatic carbocycles. The number of nitrogens with one attached hydrogen (secondary N) is 2. The van der Waals surface area contributed by atoms with E-state index in [0.717, 1.165) is 17.8 Å². The normalized spacial score (nSPS) is 10.1. The Labute approximate surface area is 156 Å². The van der Waals surface area contributed by atoms with Gasteiger partial charge in [-0.2, -0.15) is 0 Å². The number of amides is 3. The molecule has 0 bridgehead atoms. The highest BCUT2D eigenvalue weighted by Gasteiger charge is 2.19. The number of aryl methyl sites for hydroxylation is 1. The van der Waals surface area contributed by atoms with E-state index in [0.29, 0.717) is 13.2 Å². The summed E-state index contributed by atoms with van der Waals surface area (Å²) in [7, 11) is 3.08. The first-order chi connectivity index (χ1) is 12.3. The molecule has 0 aromatic carbocycles. The standard InChI is InChI=1S/C17H24N4O4S/c1-6-7-14-20-13(10-26-14)16(23)18-11(2)15(22)19-12(3)17(24)21(4)8-9-25-5/h10H,2-3,6-9H2,1,4-5H3,(H,18,23)(H,19,22). The molecule has 0 aliphatic heterocycles. The maximum absolute atomic E-state index is 12.1. The predicted molar refractivity (Wildman–Crippen MR) is 99.5 cm³/mol. The lowest BCUT2D eigenvalue weighted by atomic mass is 10.3. The van der Waals surface area contributed by atoms with E-state index in [-0.39, 0.29) is 17.1 Å². The van der Waals surface area contributed by atoms with Gasteiger partial charge in [-0.15, -0.1) is 11.3 Å². The molecule has 1 aromatic heterocycles. The molecular weight excluding hydrogens is 356 g/mol. The molecule has 0 fully saturated rings. The molecule has 0 saturated heterocycles. The van der Waals surface area contributed by atoms with E-state index in [9.17, 15) is 14.4 Å². The number of nitrogens with zero attached hydrogens (tertiary/aromatic N) is 2. The van der Waals surface area contributed by atoms with Gasteiger partial charge in [0.1, 0.15) is 5.69 Å². The molecular formula is C17H24N4O4S. The van der Waals surface area contributed by atoms with Crippen molar-refractivity contribution in [1.82, 2.24) is 20.5 Å². The molecule has 26 heavy (non-hydrogen) atoms. The number of carbonyl (C=O) groups excluding carboxylic acids is 3. The summed E-state index contributed by atoms with van der Waals surface area (Å²) in [6.07, 6.45) is 1.72. The maximum atomic E-state index is 12.1. The number of ether oxygens (including phenoxy) is 1. The largest absolute Gasteiger partial charge is 0.383 e. The fourth-order valence-corrected chi connectivity index (χ4v) is 2.71. The first-order valence-corrected chi connectivity index (χ1v) is 8.87. The van der Waals surface area contributed by atoms with Crippen molar-refractivity contribution in [3.05, 3.63) is 40.6 Å². The Morgan fingerprint density at radius 3 is 2.58 bits per heavy atom. The maximum Gasteiger partial charge on any atom is 0.275 e. The number of hydrogen-bond acceptors (Lipinski definition) is 6. The molecule has 142 valence electrons. The zero-order valence-electron chi connectivity index (χ0n) is 15.3. The fourth-order valence-electron chi connectivity index (χ4n) is 1.83. The van der Waals surface area contributed by atoms with Gasteiger partial charge < -0.3 is 20.3 Å². The lowest BCUT2D eigenvalue weighted by Gasteiger charge is -2.18. The van der Waals surface area contributed by atoms with Gasteiger partial charge in [-0.25, -0.2) is 4.98 Å². The van der Waals surface area contributed by atoms with Crippen molar-refractivity contribution in [3.8, 4) is 0 Å². The summed E-state index contributed by atoms with van der Waals surface area (Å²) < 4.78 is 4.89. The smallest absolute Gasteiger partial charge is 0.275 e. The molecule has 0 unspecified atom stereocenters. The highest BCUT2D eigenvalue weighted by atomic mass is 32.1. The summed E-state index contributed by atoms with van der Waals surface area (Å²) in [6, 6.07) is 0. The second-order valence-electron chi connectivity index (χ2n) is 5.46. The van der Waals surface area contributed by atoms with Crippen LogP contribution in [0.3, 0.4) is 0 Å². The van der Waals surface area contributed by atoms with E-state index in [4.69, 9.17) is 4.74 Å². The van der Waals surface area contributed by atoms with Crippen LogP contribution in [0.4, 0.5) is 0 Å². The van der Waals surface area contributed by atoms with Crippen molar-refractivity contribution in [3.63, 3.8) is 0 Å². The van der Waals surface area contributed by atoms with Gasteiger partial charge in [0.25, 0.3) is 17.7 Å². The lowest BCUT2D eigenvalue weighted by Crippen LogP contribution is -2.40. The van der Waals surface area contributed by atoms with Gasteiger partial charge in [0.05, 0.1) is 23.0 Å². The molecule has 1 rings (SSSR count). The monoisotopic (exact) mass is 380 g/mol. The van der Waals surface area contributed by atoms with Crippen LogP contribution in [-0.4, -0.2) is 54.9 Å². The van der Waals surface area contributed by atoms with E-state index in [1.54, 1.807) is 12.4 Å². The number of methoxy groups -OCH3 is 1. The van der Waals surface area contributed by atoms with Crippen LogP contribution in [0.2, 0.25) is 0 Å². The number of aromatic nitrogens is 1. The highest BCUT2D eigenvalue weighted by Crippen LogP contribution is 2.12. The third kappa shape index (κ3) is 6.41. The Hall–Kier alpha value is -2.52. The third-order valence-electron chi connectivity index (χ3n) is 3.29. The number of likely N-dealkylation sites (N-methyl/N-ethyl adjacent to an activating group) is 1. The summed E-state index contributed by atoms with van der Waals surface area (Å²) in [5.41, 5.74) is -0.0990. The Morgan fingerprint density at radius 1 is 1.27 bits per heavy atom. The minimum absolute atomic E-state index is 0.122. The quantitative estimate of drug-likeness (QED) is 0.592. The van der Waals surface area contributed by atoms with Crippen molar-refractivity contribution >= 4 is 29.1 Å². The average molecular weight is 380 g/mol. The van der Waals surface area contributed by atoms with Crippen LogP contribution in [0, 0.1) is 0 Å². The van der Waals surface area contributed by atoms with Gasteiger partial charge >= 0.3 is 0 Å². The SMILES string of the molecule is C=C(NC(=O)c1csc(CCC)n1)C(=O)NC(=C)C(=O)N(C)CCOC. The van der Waals surface area contributed by atoms with Crippen LogP contribution in [0.1, 0.15) is 28.8 Å². The second-order valence-corrected chi connectivity index (χ2v) is 6.40. The Kier molecular flexibility index (Phi) is 8.66. The zero-order valence-corrected chi connectivity index (χ0v) is 16.1. The van der Waals surface area contributed by atoms with E-state index in [2.05, 4.69) is 28.8 Å². The average Bonchev–Trinajstić information content (AvgIpc) is 3.07. The number of thiazole rings is 1. The summed E-state index contributed by atoms with van der Waals surface area (Å²) >= 11 is 1.39. The van der Waals surface area contributed by atoms with Gasteiger partial charge in [0, 0.05) is 26.1 Å². The molecule has 0 spiro atoms. The molecule has 0 radical (unpaired) electrons. The topological polar surface area (TPSA) is 101 Å². The summed E-state index contributed by atoms with van der Waals surface area (Å²) in [4.78, 5) is 41.8. The first kappa shape index (κ1) is 21.5. The van der Waals surface area contributed by atoms with E-state index < -0.39 is 17.7 Å². The zero-order chi connectivity index (χ0) is 19.7. The lowest BCUT2D eigenvalue weighted by molar-refractivity contribution is -0.128. The Balaban J connectivity index is 2.55. The summed E-state index contributed by atoms with van der Waals surface area (Å²) in [6.45, 7) is 9.79. The van der Waals surface area contributed by atoms with Gasteiger partial charge in [0.2, 0.25) is 0 Å². The molecule has 1 heterocycles. The van der Waals surface area contributed by atoms with Crippen LogP contribution in [-0.2, 0) is 20.7 Å². The first-order valence-electron chi connectivity index (χ1n) is 7.99. The van der Waals surface area contributed by atoms with Crippen LogP contribution in [0.5, 0.6) is 0 Å². The van der Waals surface area contributed by atoms with Gasteiger partial charge in [0.15, 0.2) is 0 Å². The summed E-state index contributed by atoms with van der Waals surface area (Å²) in [5, 5.41) is 7.17. The van der Waals surface area contributed by atoms with Crippen molar-refractivity contribution < 1.29 is 19.1 Å². The molecule has 0 atom stereocenters. The van der Waals surface area contributed by atoms with Crippen LogP contribution in [0.15, 0.2) is 29.9 Å². The van der Waals surface area contributed by atoms with Crippen molar-refractivity contribution in [2.24, 2.45) is 0 Å². The fraction of sp³-hybridized carbons (Fsp3) is 0.412. The van der Waals surface area contributed by atoms with E-state index >= 15 is 0 Å². The van der Waals surface area contributed by atoms with Crippen molar-refractivity contribution in [2.75, 3.05) is 27.3 Å². The molecule has 1 aromatic rings. The van der Waals surface area contributed by atoms with Gasteiger partial charge in [-0.05, 0) is 12.8 Å².